The Morgan fingerprint density at radius 2 is 0.854 bits per heavy atom. The second kappa shape index (κ2) is 27.9. The summed E-state index contributed by atoms with van der Waals surface area (Å²) in [6.07, 6.45) is -3.33. The molecule has 9 aromatic rings. The van der Waals surface area contributed by atoms with Crippen LogP contribution in [0.3, 0.4) is 0 Å². The molecule has 21 heteroatoms. The topological polar surface area (TPSA) is 288 Å². The Hall–Kier alpha value is -9.52. The van der Waals surface area contributed by atoms with Gasteiger partial charge in [0.1, 0.15) is 58.2 Å². The Labute approximate surface area is 604 Å². The number of rotatable bonds is 16. The molecule has 0 spiro atoms. The van der Waals surface area contributed by atoms with Crippen LogP contribution in [-0.4, -0.2) is 114 Å². The zero-order chi connectivity index (χ0) is 73.1. The largest absolute Gasteiger partial charge is 0.497 e. The van der Waals surface area contributed by atoms with E-state index in [2.05, 4.69) is 15.9 Å². The number of fused-ring (bicyclic) bond motifs is 9. The second-order valence-electron chi connectivity index (χ2n) is 26.6. The van der Waals surface area contributed by atoms with Gasteiger partial charge in [-0.2, -0.15) is 0 Å². The maximum atomic E-state index is 13.2. The lowest BCUT2D eigenvalue weighted by atomic mass is 9.70. The number of esters is 2. The first-order chi connectivity index (χ1) is 49.6. The summed E-state index contributed by atoms with van der Waals surface area (Å²) in [5.41, 5.74) is -2.68. The van der Waals surface area contributed by atoms with Crippen molar-refractivity contribution in [2.24, 2.45) is 11.8 Å². The average molecular weight is 1470 g/mol. The summed E-state index contributed by atoms with van der Waals surface area (Å²) in [7, 11) is 8.83. The Morgan fingerprint density at radius 1 is 0.476 bits per heavy atom. The number of hydrogen-bond acceptors (Lipinski definition) is 20. The van der Waals surface area contributed by atoms with Crippen molar-refractivity contribution in [3.63, 3.8) is 0 Å². The molecule has 0 bridgehead atoms. The van der Waals surface area contributed by atoms with Crippen molar-refractivity contribution in [2.45, 2.75) is 110 Å². The summed E-state index contributed by atoms with van der Waals surface area (Å²) in [6.45, 7) is 2.60. The summed E-state index contributed by atoms with van der Waals surface area (Å²) in [5, 5.41) is 90.4. The fourth-order valence-electron chi connectivity index (χ4n) is 17.5. The molecule has 0 aromatic heterocycles. The molecule has 536 valence electrons. The summed E-state index contributed by atoms with van der Waals surface area (Å²) in [6, 6.07) is 60.7. The maximum absolute atomic E-state index is 13.2. The lowest BCUT2D eigenvalue weighted by Gasteiger charge is -2.41. The maximum Gasteiger partial charge on any atom is 0.312 e. The fraction of sp³-hybridized carbons (Fsp3) is 0.317. The third-order valence-electron chi connectivity index (χ3n) is 21.7. The van der Waals surface area contributed by atoms with Gasteiger partial charge in [0.15, 0.2) is 33.6 Å². The average Bonchev–Trinajstić information content (AvgIpc) is 1.51. The van der Waals surface area contributed by atoms with E-state index >= 15 is 0 Å². The van der Waals surface area contributed by atoms with E-state index in [1.54, 1.807) is 74.9 Å². The van der Waals surface area contributed by atoms with Crippen molar-refractivity contribution in [2.75, 3.05) is 42.7 Å². The highest BCUT2D eigenvalue weighted by atomic mass is 79.9. The molecule has 0 unspecified atom stereocenters. The molecule has 3 saturated carbocycles. The van der Waals surface area contributed by atoms with Gasteiger partial charge in [-0.25, -0.2) is 0 Å². The van der Waals surface area contributed by atoms with E-state index in [4.69, 9.17) is 47.4 Å². The number of hydrogen-bond donors (Lipinski definition) is 8. The molecular weight excluding hydrogens is 1380 g/mol. The van der Waals surface area contributed by atoms with Crippen LogP contribution in [-0.2, 0) is 72.5 Å². The van der Waals surface area contributed by atoms with Crippen molar-refractivity contribution in [1.29, 1.82) is 0 Å². The molecule has 6 aliphatic rings. The SMILES string of the molecule is COC(=O)[C@H]1[C@@H](O)[C@@]2(O)c3c(OC)cc(CO)cc3O[C@@]2(c2ccc(OC)cc2)[C@@H]1c1ccccc1.COc1cc(CO)cc2c1[C@]1(O)[C@H](O)C[C@@H](c3ccccc3)[C@]1(c1ccc(Br)cc1)O2.COc1ccc([C@@]23Oc4cc(CO)cc(OC)c4[C@]2(O)[C@H](OC(C)=O)[C@H](C)[C@H]3c2ccccc2)cc1. The van der Waals surface area contributed by atoms with Crippen molar-refractivity contribution < 1.29 is 97.8 Å². The summed E-state index contributed by atoms with van der Waals surface area (Å²) in [5.74, 6) is -1.00. The standard InChI is InChI=1S/C29H30O7.C28H28O8.C25H23BrO5/c1-17-25(20-8-6-5-7-9-20)29(21-10-12-22(33-3)13-11-21)28(32,27(17)35-18(2)31)26-23(34-4)14-19(16-30)15-24(26)36-29;1-33-19-11-9-18(10-12-19)28-23(17-7-5-4-6-8-17)22(26(31)35-3)25(30)27(28,32)24-20(34-2)13-16(15-29)14-21(24)36-28;1-30-20-11-15(14-27)12-21-23(20)24(29)22(28)13-19(16-5-3-2-4-6-16)25(24,31-21)17-7-9-18(26)10-8-17/h5-15,17,25,27,30,32H,16H2,1-4H3;4-14,22-23,25,29-30,32H,15H2,1-3H3;2-12,19,22,27-29H,13-14H2,1H3/t17-,25+,27-,28+,29+;22-,23-,25-,27+,28+;19-,22+,24+,25-/m110/s1. The number of ether oxygens (including phenoxy) is 10. The first kappa shape index (κ1) is 71.9. The highest BCUT2D eigenvalue weighted by molar-refractivity contribution is 9.10. The van der Waals surface area contributed by atoms with E-state index in [1.807, 2.05) is 146 Å². The van der Waals surface area contributed by atoms with E-state index in [9.17, 15) is 50.4 Å². The van der Waals surface area contributed by atoms with Crippen LogP contribution in [0, 0.1) is 11.8 Å². The Morgan fingerprint density at radius 3 is 1.26 bits per heavy atom. The predicted octanol–water partition coefficient (Wildman–Crippen LogP) is 10.6. The van der Waals surface area contributed by atoms with Crippen LogP contribution in [0.2, 0.25) is 0 Å². The van der Waals surface area contributed by atoms with Gasteiger partial charge in [-0.1, -0.05) is 150 Å². The molecule has 20 nitrogen and oxygen atoms in total. The van der Waals surface area contributed by atoms with Crippen LogP contribution in [0.5, 0.6) is 46.0 Å². The van der Waals surface area contributed by atoms with Crippen LogP contribution >= 0.6 is 15.9 Å². The van der Waals surface area contributed by atoms with Gasteiger partial charge in [0, 0.05) is 35.1 Å². The zero-order valence-electron chi connectivity index (χ0n) is 57.9. The van der Waals surface area contributed by atoms with Crippen LogP contribution < -0.4 is 37.9 Å². The number of carbonyl (C=O) groups is 2. The number of aliphatic hydroxyl groups excluding tert-OH is 5. The Bertz CT molecular complexity index is 4590. The number of benzene rings is 9. The molecule has 0 amide bonds. The highest BCUT2D eigenvalue weighted by Gasteiger charge is 2.80. The van der Waals surface area contributed by atoms with Gasteiger partial charge in [0.25, 0.3) is 0 Å². The minimum atomic E-state index is -2.12. The molecule has 15 rings (SSSR count). The molecule has 0 radical (unpaired) electrons. The first-order valence-corrected chi connectivity index (χ1v) is 34.4. The molecule has 14 atom stereocenters. The first-order valence-electron chi connectivity index (χ1n) is 33.7. The highest BCUT2D eigenvalue weighted by Crippen LogP contribution is 2.73. The minimum absolute atomic E-state index is 0.193. The molecule has 9 aromatic carbocycles. The number of carbonyl (C=O) groups excluding carboxylic acids is 2. The van der Waals surface area contributed by atoms with Gasteiger partial charge in [-0.15, -0.1) is 0 Å². The molecule has 3 aliphatic carbocycles. The lowest BCUT2D eigenvalue weighted by Crippen LogP contribution is -2.53. The molecule has 3 aliphatic heterocycles. The third-order valence-corrected chi connectivity index (χ3v) is 22.2. The van der Waals surface area contributed by atoms with Crippen LogP contribution in [0.4, 0.5) is 0 Å². The molecule has 8 N–H and O–H groups in total. The van der Waals surface area contributed by atoms with Crippen LogP contribution in [0.15, 0.2) is 205 Å². The van der Waals surface area contributed by atoms with Crippen molar-refractivity contribution >= 4 is 27.9 Å². The Balaban J connectivity index is 0.000000138. The lowest BCUT2D eigenvalue weighted by molar-refractivity contribution is -0.182. The molecule has 3 fully saturated rings. The van der Waals surface area contributed by atoms with E-state index < -0.39 is 81.6 Å². The summed E-state index contributed by atoms with van der Waals surface area (Å²) in [4.78, 5) is 25.5. The number of halogens is 1. The van der Waals surface area contributed by atoms with Crippen LogP contribution in [0.25, 0.3) is 0 Å². The van der Waals surface area contributed by atoms with E-state index in [-0.39, 0.29) is 48.7 Å². The van der Waals surface area contributed by atoms with Crippen molar-refractivity contribution in [3.05, 3.63) is 271 Å². The van der Waals surface area contributed by atoms with Gasteiger partial charge in [0.2, 0.25) is 0 Å². The molecule has 3 heterocycles. The molecule has 103 heavy (non-hydrogen) atoms. The minimum Gasteiger partial charge on any atom is -0.497 e. The zero-order valence-corrected chi connectivity index (χ0v) is 59.4. The molecule has 0 saturated heterocycles. The van der Waals surface area contributed by atoms with Crippen molar-refractivity contribution in [3.8, 4) is 46.0 Å². The van der Waals surface area contributed by atoms with E-state index in [0.717, 1.165) is 21.2 Å². The predicted molar refractivity (Wildman–Crippen MR) is 380 cm³/mol. The van der Waals surface area contributed by atoms with Gasteiger partial charge in [-0.3, -0.25) is 9.59 Å². The van der Waals surface area contributed by atoms with Crippen molar-refractivity contribution in [1.82, 2.24) is 0 Å². The normalized spacial score (nSPS) is 28.3. The van der Waals surface area contributed by atoms with Gasteiger partial charge < -0.3 is 88.2 Å². The fourth-order valence-corrected chi connectivity index (χ4v) is 17.8. The van der Waals surface area contributed by atoms with Gasteiger partial charge in [0.05, 0.1) is 91.2 Å². The monoisotopic (exact) mass is 1460 g/mol. The molecular formula is C82H81BrO20. The van der Waals surface area contributed by atoms with Gasteiger partial charge in [-0.05, 0) is 129 Å². The third kappa shape index (κ3) is 10.8. The van der Waals surface area contributed by atoms with E-state index in [0.29, 0.717) is 85.4 Å². The van der Waals surface area contributed by atoms with E-state index in [1.165, 1.54) is 35.4 Å². The summed E-state index contributed by atoms with van der Waals surface area (Å²) < 4.78 is 59.7. The quantitative estimate of drug-likeness (QED) is 0.0417. The number of methoxy groups -OCH3 is 6. The smallest absolute Gasteiger partial charge is 0.312 e. The van der Waals surface area contributed by atoms with Crippen LogP contribution in [0.1, 0.15) is 105 Å². The second-order valence-corrected chi connectivity index (χ2v) is 27.6. The Kier molecular flexibility index (Phi) is 19.5. The summed E-state index contributed by atoms with van der Waals surface area (Å²) >= 11 is 3.48. The number of aliphatic hydroxyl groups is 8. The van der Waals surface area contributed by atoms with Gasteiger partial charge >= 0.3 is 11.9 Å².